The predicted molar refractivity (Wildman–Crippen MR) is 138 cm³/mol. The summed E-state index contributed by atoms with van der Waals surface area (Å²) < 4.78 is 5.58. The molecule has 1 aromatic rings. The van der Waals surface area contributed by atoms with Crippen LogP contribution in [0.3, 0.4) is 0 Å². The zero-order chi connectivity index (χ0) is 24.1. The molecule has 0 aliphatic heterocycles. The Morgan fingerprint density at radius 3 is 2.53 bits per heavy atom. The molecule has 3 nitrogen and oxygen atoms in total. The lowest BCUT2D eigenvalue weighted by Crippen LogP contribution is -2.53. The number of rotatable bonds is 6. The number of benzene rings is 1. The van der Waals surface area contributed by atoms with Crippen molar-refractivity contribution in [1.82, 2.24) is 0 Å². The maximum Gasteiger partial charge on any atom is 0.119 e. The van der Waals surface area contributed by atoms with Gasteiger partial charge in [-0.3, -0.25) is 0 Å². The van der Waals surface area contributed by atoms with Crippen molar-refractivity contribution >= 4 is 0 Å². The zero-order valence-corrected chi connectivity index (χ0v) is 21.9. The van der Waals surface area contributed by atoms with Crippen LogP contribution in [-0.4, -0.2) is 28.5 Å². The van der Waals surface area contributed by atoms with Crippen molar-refractivity contribution in [1.29, 1.82) is 0 Å². The van der Waals surface area contributed by atoms with Crippen LogP contribution >= 0.6 is 0 Å². The topological polar surface area (TPSA) is 49.7 Å². The number of allylic oxidation sites excluding steroid dienone is 1. The van der Waals surface area contributed by atoms with Crippen LogP contribution in [-0.2, 0) is 6.42 Å². The third-order valence-corrected chi connectivity index (χ3v) is 11.0. The van der Waals surface area contributed by atoms with Gasteiger partial charge in [0.05, 0.1) is 18.3 Å². The summed E-state index contributed by atoms with van der Waals surface area (Å²) in [5.41, 5.74) is 2.72. The van der Waals surface area contributed by atoms with Crippen LogP contribution in [0.2, 0.25) is 0 Å². The smallest absolute Gasteiger partial charge is 0.119 e. The van der Waals surface area contributed by atoms with Crippen molar-refractivity contribution in [2.75, 3.05) is 6.61 Å². The molecule has 0 saturated heterocycles. The van der Waals surface area contributed by atoms with Gasteiger partial charge in [-0.1, -0.05) is 37.6 Å². The van der Waals surface area contributed by atoms with E-state index >= 15 is 0 Å². The second kappa shape index (κ2) is 8.96. The van der Waals surface area contributed by atoms with E-state index in [9.17, 15) is 10.2 Å². The summed E-state index contributed by atoms with van der Waals surface area (Å²) in [4.78, 5) is 0. The number of hydrogen-bond donors (Lipinski definition) is 2. The highest BCUT2D eigenvalue weighted by Crippen LogP contribution is 2.67. The average Bonchev–Trinajstić information content (AvgIpc) is 3.17. The van der Waals surface area contributed by atoms with Gasteiger partial charge in [-0.2, -0.15) is 0 Å². The molecule has 2 N–H and O–H groups in total. The van der Waals surface area contributed by atoms with E-state index in [1.807, 2.05) is 6.92 Å². The normalized spacial score (nSPS) is 41.0. The third-order valence-electron chi connectivity index (χ3n) is 11.0. The molecule has 188 valence electrons. The second-order valence-electron chi connectivity index (χ2n) is 12.8. The van der Waals surface area contributed by atoms with Gasteiger partial charge in [0.2, 0.25) is 0 Å². The fraction of sp³-hybridized carbons (Fsp3) is 0.742. The first kappa shape index (κ1) is 24.4. The van der Waals surface area contributed by atoms with Crippen LogP contribution in [0.4, 0.5) is 0 Å². The molecular weight excluding hydrogens is 420 g/mol. The molecule has 3 fully saturated rings. The quantitative estimate of drug-likeness (QED) is 0.458. The summed E-state index contributed by atoms with van der Waals surface area (Å²) in [5, 5.41) is 22.1. The van der Waals surface area contributed by atoms with Crippen molar-refractivity contribution in [3.8, 4) is 5.75 Å². The Bertz CT molecular complexity index is 902. The van der Waals surface area contributed by atoms with Gasteiger partial charge in [-0.05, 0) is 130 Å². The predicted octanol–water partition coefficient (Wildman–Crippen LogP) is 6.71. The molecule has 0 heterocycles. The molecule has 34 heavy (non-hydrogen) atoms. The number of ether oxygens (including phenoxy) is 1. The molecule has 0 amide bonds. The molecule has 0 aromatic heterocycles. The van der Waals surface area contributed by atoms with E-state index in [1.165, 1.54) is 31.2 Å². The van der Waals surface area contributed by atoms with E-state index in [4.69, 9.17) is 4.74 Å². The molecule has 0 spiro atoms. The molecule has 1 aromatic carbocycles. The minimum atomic E-state index is -0.635. The van der Waals surface area contributed by atoms with Crippen molar-refractivity contribution < 1.29 is 14.9 Å². The summed E-state index contributed by atoms with van der Waals surface area (Å²) in [6.07, 6.45) is 13.3. The van der Waals surface area contributed by atoms with Gasteiger partial charge in [0.15, 0.2) is 0 Å². The number of fused-ring (bicyclic) bond motifs is 5. The first-order valence-electron chi connectivity index (χ1n) is 14.0. The van der Waals surface area contributed by atoms with Crippen LogP contribution in [0.25, 0.3) is 0 Å². The third kappa shape index (κ3) is 4.05. The van der Waals surface area contributed by atoms with E-state index in [0.717, 1.165) is 62.0 Å². The molecule has 5 rings (SSSR count). The standard InChI is InChI=1S/C31H46O3/c1-5-34-24-9-6-21(7-10-24)14-19-31(4,33)28-13-12-26-25-11-8-22-20-23(32)15-17-29(22,2)27(25)16-18-30(26,28)3/h6-10,23,25-28,32-33H,5,11-20H2,1-4H3/t23-,25-,26-,27-,28-,29-,30-,31+/m0/s1. The summed E-state index contributed by atoms with van der Waals surface area (Å²) in [6, 6.07) is 8.41. The second-order valence-corrected chi connectivity index (χ2v) is 12.8. The minimum absolute atomic E-state index is 0.133. The Labute approximate surface area is 207 Å². The van der Waals surface area contributed by atoms with Gasteiger partial charge in [0.1, 0.15) is 5.75 Å². The van der Waals surface area contributed by atoms with Crippen LogP contribution < -0.4 is 4.74 Å². The van der Waals surface area contributed by atoms with E-state index in [-0.39, 0.29) is 16.9 Å². The molecule has 4 aliphatic carbocycles. The van der Waals surface area contributed by atoms with E-state index < -0.39 is 5.60 Å². The monoisotopic (exact) mass is 466 g/mol. The zero-order valence-electron chi connectivity index (χ0n) is 21.9. The SMILES string of the molecule is CCOc1ccc(CC[C@@](C)(O)[C@H]2CC[C@H]3[C@@H]4CC=C5C[C@@H](O)CC[C@]5(C)[C@H]4CC[C@@]32C)cc1. The van der Waals surface area contributed by atoms with Crippen LogP contribution in [0.15, 0.2) is 35.9 Å². The highest BCUT2D eigenvalue weighted by atomic mass is 16.5. The molecule has 8 atom stereocenters. The lowest BCUT2D eigenvalue weighted by Gasteiger charge is -2.59. The molecule has 0 unspecified atom stereocenters. The van der Waals surface area contributed by atoms with Crippen molar-refractivity contribution in [3.05, 3.63) is 41.5 Å². The molecule has 0 bridgehead atoms. The van der Waals surface area contributed by atoms with Crippen LogP contribution in [0.1, 0.15) is 91.0 Å². The molecule has 4 aliphatic rings. The lowest BCUT2D eigenvalue weighted by molar-refractivity contribution is -0.104. The number of aliphatic hydroxyl groups excluding tert-OH is 1. The number of aryl methyl sites for hydroxylation is 1. The Hall–Kier alpha value is -1.32. The van der Waals surface area contributed by atoms with Gasteiger partial charge in [-0.25, -0.2) is 0 Å². The Morgan fingerprint density at radius 2 is 1.79 bits per heavy atom. The van der Waals surface area contributed by atoms with Crippen LogP contribution in [0.5, 0.6) is 5.75 Å². The minimum Gasteiger partial charge on any atom is -0.494 e. The number of aliphatic hydroxyl groups is 2. The highest BCUT2D eigenvalue weighted by Gasteiger charge is 2.61. The molecule has 3 heteroatoms. The summed E-state index contributed by atoms with van der Waals surface area (Å²) in [7, 11) is 0. The van der Waals surface area contributed by atoms with Crippen molar-refractivity contribution in [2.24, 2.45) is 34.5 Å². The largest absolute Gasteiger partial charge is 0.494 e. The maximum atomic E-state index is 11.8. The Morgan fingerprint density at radius 1 is 1.03 bits per heavy atom. The fourth-order valence-electron chi connectivity index (χ4n) is 9.15. The summed E-state index contributed by atoms with van der Waals surface area (Å²) >= 11 is 0. The first-order valence-corrected chi connectivity index (χ1v) is 14.0. The van der Waals surface area contributed by atoms with E-state index in [1.54, 1.807) is 5.57 Å². The van der Waals surface area contributed by atoms with Gasteiger partial charge in [0.25, 0.3) is 0 Å². The lowest BCUT2D eigenvalue weighted by atomic mass is 9.46. The summed E-state index contributed by atoms with van der Waals surface area (Å²) in [5.74, 6) is 3.52. The van der Waals surface area contributed by atoms with Crippen molar-refractivity contribution in [3.63, 3.8) is 0 Å². The van der Waals surface area contributed by atoms with E-state index in [0.29, 0.717) is 12.5 Å². The van der Waals surface area contributed by atoms with Crippen LogP contribution in [0, 0.1) is 34.5 Å². The van der Waals surface area contributed by atoms with Gasteiger partial charge in [0, 0.05) is 0 Å². The average molecular weight is 467 g/mol. The van der Waals surface area contributed by atoms with Gasteiger partial charge < -0.3 is 14.9 Å². The maximum absolute atomic E-state index is 11.8. The fourth-order valence-corrected chi connectivity index (χ4v) is 9.15. The number of hydrogen-bond acceptors (Lipinski definition) is 3. The Balaban J connectivity index is 1.30. The molecular formula is C31H46O3. The first-order chi connectivity index (χ1) is 16.2. The Kier molecular flexibility index (Phi) is 6.43. The summed E-state index contributed by atoms with van der Waals surface area (Å²) in [6.45, 7) is 9.84. The highest BCUT2D eigenvalue weighted by molar-refractivity contribution is 5.28. The molecule has 3 saturated carbocycles. The van der Waals surface area contributed by atoms with E-state index in [2.05, 4.69) is 51.1 Å². The van der Waals surface area contributed by atoms with Gasteiger partial charge in [-0.15, -0.1) is 0 Å². The molecule has 0 radical (unpaired) electrons. The van der Waals surface area contributed by atoms with Crippen molar-refractivity contribution in [2.45, 2.75) is 104 Å². The van der Waals surface area contributed by atoms with Gasteiger partial charge >= 0.3 is 0 Å².